The SMILES string of the molecule is O=C(Nc1ccc2c(c1)OCCO2)NC(c1ccccc1)c1nnc(-c2ccccc2Cl)o1. The van der Waals surface area contributed by atoms with Crippen molar-refractivity contribution in [2.45, 2.75) is 6.04 Å². The Balaban J connectivity index is 1.39. The van der Waals surface area contributed by atoms with Crippen LogP contribution in [0, 0.1) is 0 Å². The summed E-state index contributed by atoms with van der Waals surface area (Å²) in [4.78, 5) is 12.9. The third-order valence-corrected chi connectivity index (χ3v) is 5.33. The average Bonchev–Trinajstić information content (AvgIpc) is 3.33. The summed E-state index contributed by atoms with van der Waals surface area (Å²) in [5.74, 6) is 1.73. The van der Waals surface area contributed by atoms with Crippen LogP contribution in [-0.2, 0) is 0 Å². The Hall–Kier alpha value is -4.04. The van der Waals surface area contributed by atoms with Gasteiger partial charge in [0.15, 0.2) is 11.5 Å². The molecular formula is C24H19ClN4O4. The topological polar surface area (TPSA) is 98.5 Å². The van der Waals surface area contributed by atoms with Crippen LogP contribution in [0.2, 0.25) is 5.02 Å². The van der Waals surface area contributed by atoms with Crippen LogP contribution in [0.1, 0.15) is 17.5 Å². The third kappa shape index (κ3) is 4.61. The molecule has 4 aromatic rings. The third-order valence-electron chi connectivity index (χ3n) is 5.00. The molecule has 0 saturated heterocycles. The molecule has 0 aliphatic carbocycles. The van der Waals surface area contributed by atoms with E-state index in [1.54, 1.807) is 30.3 Å². The van der Waals surface area contributed by atoms with Crippen LogP contribution in [0.3, 0.4) is 0 Å². The summed E-state index contributed by atoms with van der Waals surface area (Å²) in [6.07, 6.45) is 0. The highest BCUT2D eigenvalue weighted by molar-refractivity contribution is 6.33. The minimum atomic E-state index is -0.674. The average molecular weight is 463 g/mol. The predicted octanol–water partition coefficient (Wildman–Crippen LogP) is 5.07. The van der Waals surface area contributed by atoms with Crippen molar-refractivity contribution in [1.29, 1.82) is 0 Å². The Labute approximate surface area is 194 Å². The lowest BCUT2D eigenvalue weighted by Crippen LogP contribution is -2.33. The Kier molecular flexibility index (Phi) is 5.82. The Morgan fingerprint density at radius 3 is 2.48 bits per heavy atom. The lowest BCUT2D eigenvalue weighted by atomic mass is 10.1. The van der Waals surface area contributed by atoms with Crippen molar-refractivity contribution < 1.29 is 18.7 Å². The fourth-order valence-corrected chi connectivity index (χ4v) is 3.66. The molecule has 1 aromatic heterocycles. The fraction of sp³-hybridized carbons (Fsp3) is 0.125. The van der Waals surface area contributed by atoms with Gasteiger partial charge in [0.05, 0.1) is 10.6 Å². The van der Waals surface area contributed by atoms with E-state index in [9.17, 15) is 4.79 Å². The van der Waals surface area contributed by atoms with Crippen LogP contribution < -0.4 is 20.1 Å². The standard InChI is InChI=1S/C24H19ClN4O4/c25-18-9-5-4-8-17(18)22-28-29-23(33-22)21(15-6-2-1-3-7-15)27-24(30)26-16-10-11-19-20(14-16)32-13-12-31-19/h1-11,14,21H,12-13H2,(H2,26,27,30). The maximum Gasteiger partial charge on any atom is 0.320 e. The maximum atomic E-state index is 12.9. The van der Waals surface area contributed by atoms with Gasteiger partial charge in [0, 0.05) is 11.8 Å². The van der Waals surface area contributed by atoms with Crippen molar-refractivity contribution in [3.8, 4) is 23.0 Å². The van der Waals surface area contributed by atoms with E-state index in [4.69, 9.17) is 25.5 Å². The molecule has 9 heteroatoms. The maximum absolute atomic E-state index is 12.9. The van der Waals surface area contributed by atoms with Crippen LogP contribution in [0.15, 0.2) is 77.2 Å². The number of benzene rings is 3. The van der Waals surface area contributed by atoms with Crippen molar-refractivity contribution in [2.75, 3.05) is 18.5 Å². The lowest BCUT2D eigenvalue weighted by Gasteiger charge is -2.20. The highest BCUT2D eigenvalue weighted by Gasteiger charge is 2.24. The zero-order valence-electron chi connectivity index (χ0n) is 17.3. The second-order valence-corrected chi connectivity index (χ2v) is 7.63. The number of hydrogen-bond acceptors (Lipinski definition) is 6. The van der Waals surface area contributed by atoms with Crippen molar-refractivity contribution in [1.82, 2.24) is 15.5 Å². The fourth-order valence-electron chi connectivity index (χ4n) is 3.45. The van der Waals surface area contributed by atoms with E-state index >= 15 is 0 Å². The molecular weight excluding hydrogens is 444 g/mol. The first-order chi connectivity index (χ1) is 16.2. The number of aromatic nitrogens is 2. The number of carbonyl (C=O) groups excluding carboxylic acids is 1. The normalized spacial score (nSPS) is 13.2. The van der Waals surface area contributed by atoms with Crippen LogP contribution in [0.25, 0.3) is 11.5 Å². The van der Waals surface area contributed by atoms with Crippen molar-refractivity contribution in [3.05, 3.63) is 89.3 Å². The molecule has 2 amide bonds. The Bertz CT molecular complexity index is 1280. The van der Waals surface area contributed by atoms with Gasteiger partial charge in [0.25, 0.3) is 0 Å². The molecule has 33 heavy (non-hydrogen) atoms. The summed E-state index contributed by atoms with van der Waals surface area (Å²) in [5, 5.41) is 14.5. The van der Waals surface area contributed by atoms with E-state index in [2.05, 4.69) is 20.8 Å². The van der Waals surface area contributed by atoms with Gasteiger partial charge in [-0.3, -0.25) is 0 Å². The zero-order valence-corrected chi connectivity index (χ0v) is 18.1. The van der Waals surface area contributed by atoms with Crippen LogP contribution in [0.4, 0.5) is 10.5 Å². The minimum Gasteiger partial charge on any atom is -0.486 e. The summed E-state index contributed by atoms with van der Waals surface area (Å²) in [7, 11) is 0. The number of halogens is 1. The monoisotopic (exact) mass is 462 g/mol. The molecule has 3 aromatic carbocycles. The summed E-state index contributed by atoms with van der Waals surface area (Å²) in [6, 6.07) is 20.6. The molecule has 0 bridgehead atoms. The van der Waals surface area contributed by atoms with Gasteiger partial charge in [-0.1, -0.05) is 54.1 Å². The molecule has 0 radical (unpaired) electrons. The van der Waals surface area contributed by atoms with E-state index in [0.717, 1.165) is 5.56 Å². The van der Waals surface area contributed by atoms with E-state index in [1.165, 1.54) is 0 Å². The van der Waals surface area contributed by atoms with E-state index in [-0.39, 0.29) is 11.8 Å². The highest BCUT2D eigenvalue weighted by Crippen LogP contribution is 2.33. The quantitative estimate of drug-likeness (QED) is 0.429. The number of nitrogens with zero attached hydrogens (tertiary/aromatic N) is 2. The van der Waals surface area contributed by atoms with Gasteiger partial charge in [-0.15, -0.1) is 10.2 Å². The molecule has 2 heterocycles. The largest absolute Gasteiger partial charge is 0.486 e. The van der Waals surface area contributed by atoms with Gasteiger partial charge in [0.2, 0.25) is 11.8 Å². The number of urea groups is 1. The van der Waals surface area contributed by atoms with Gasteiger partial charge in [-0.25, -0.2) is 4.79 Å². The van der Waals surface area contributed by atoms with Crippen molar-refractivity contribution in [2.24, 2.45) is 0 Å². The van der Waals surface area contributed by atoms with Gasteiger partial charge in [-0.2, -0.15) is 0 Å². The van der Waals surface area contributed by atoms with Crippen LogP contribution in [-0.4, -0.2) is 29.4 Å². The highest BCUT2D eigenvalue weighted by atomic mass is 35.5. The minimum absolute atomic E-state index is 0.230. The first-order valence-electron chi connectivity index (χ1n) is 10.3. The van der Waals surface area contributed by atoms with Crippen molar-refractivity contribution in [3.63, 3.8) is 0 Å². The van der Waals surface area contributed by atoms with E-state index < -0.39 is 12.1 Å². The second-order valence-electron chi connectivity index (χ2n) is 7.23. The van der Waals surface area contributed by atoms with Crippen LogP contribution >= 0.6 is 11.6 Å². The molecule has 8 nitrogen and oxygen atoms in total. The van der Waals surface area contributed by atoms with Crippen LogP contribution in [0.5, 0.6) is 11.5 Å². The zero-order chi connectivity index (χ0) is 22.6. The summed E-state index contributed by atoms with van der Waals surface area (Å²) < 4.78 is 17.0. The molecule has 1 aliphatic heterocycles. The number of rotatable bonds is 5. The first kappa shape index (κ1) is 20.8. The molecule has 166 valence electrons. The number of fused-ring (bicyclic) bond motifs is 1. The number of carbonyl (C=O) groups is 1. The van der Waals surface area contributed by atoms with Gasteiger partial charge in [0.1, 0.15) is 19.3 Å². The van der Waals surface area contributed by atoms with Crippen molar-refractivity contribution >= 4 is 23.3 Å². The number of ether oxygens (including phenoxy) is 2. The molecule has 1 unspecified atom stereocenters. The Morgan fingerprint density at radius 1 is 0.909 bits per heavy atom. The first-order valence-corrected chi connectivity index (χ1v) is 10.7. The summed E-state index contributed by atoms with van der Waals surface area (Å²) in [6.45, 7) is 0.961. The van der Waals surface area contributed by atoms with E-state index in [1.807, 2.05) is 42.5 Å². The molecule has 5 rings (SSSR count). The number of nitrogens with one attached hydrogen (secondary N) is 2. The molecule has 0 spiro atoms. The van der Waals surface area contributed by atoms with E-state index in [0.29, 0.717) is 41.0 Å². The smallest absolute Gasteiger partial charge is 0.320 e. The lowest BCUT2D eigenvalue weighted by molar-refractivity contribution is 0.171. The molecule has 1 aliphatic rings. The number of anilines is 1. The van der Waals surface area contributed by atoms with Gasteiger partial charge in [-0.05, 0) is 29.8 Å². The summed E-state index contributed by atoms with van der Waals surface area (Å²) >= 11 is 6.26. The number of amides is 2. The molecule has 0 saturated carbocycles. The predicted molar refractivity (Wildman–Crippen MR) is 123 cm³/mol. The second kappa shape index (κ2) is 9.22. The molecule has 1 atom stereocenters. The Morgan fingerprint density at radius 2 is 1.67 bits per heavy atom. The molecule has 2 N–H and O–H groups in total. The van der Waals surface area contributed by atoms with Gasteiger partial charge < -0.3 is 24.5 Å². The number of hydrogen-bond donors (Lipinski definition) is 2. The summed E-state index contributed by atoms with van der Waals surface area (Å²) in [5.41, 5.74) is 1.96. The van der Waals surface area contributed by atoms with Gasteiger partial charge >= 0.3 is 6.03 Å². The molecule has 0 fully saturated rings.